The van der Waals surface area contributed by atoms with Crippen LogP contribution >= 0.6 is 11.8 Å². The Morgan fingerprint density at radius 2 is 1.75 bits per heavy atom. The Bertz CT molecular complexity index is 798. The summed E-state index contributed by atoms with van der Waals surface area (Å²) in [5.41, 5.74) is 1.60. The fourth-order valence-corrected chi connectivity index (χ4v) is 3.46. The summed E-state index contributed by atoms with van der Waals surface area (Å²) in [5.74, 6) is -0.369. The average molecular weight is 340 g/mol. The van der Waals surface area contributed by atoms with Crippen molar-refractivity contribution in [2.75, 3.05) is 0 Å². The fraction of sp³-hybridized carbons (Fsp3) is 0.158. The Hall–Kier alpha value is -2.40. The number of nitrogens with zero attached hydrogens (tertiary/aromatic N) is 2. The Labute approximate surface area is 144 Å². The van der Waals surface area contributed by atoms with Gasteiger partial charge in [0.2, 0.25) is 0 Å². The molecule has 0 aromatic heterocycles. The topological polar surface area (TPSA) is 32.7 Å². The molecular formula is C19H17FN2OS. The van der Waals surface area contributed by atoms with Gasteiger partial charge in [0, 0.05) is 6.04 Å². The van der Waals surface area contributed by atoms with Crippen molar-refractivity contribution in [3.63, 3.8) is 0 Å². The molecule has 5 heteroatoms. The van der Waals surface area contributed by atoms with Gasteiger partial charge >= 0.3 is 0 Å². The molecule has 0 atom stereocenters. The number of aliphatic imine (C=N–C) groups is 1. The van der Waals surface area contributed by atoms with Crippen molar-refractivity contribution in [3.8, 4) is 0 Å². The van der Waals surface area contributed by atoms with Gasteiger partial charge in [-0.3, -0.25) is 9.69 Å². The second-order valence-electron chi connectivity index (χ2n) is 5.66. The molecule has 3 rings (SSSR count). The van der Waals surface area contributed by atoms with Gasteiger partial charge in [-0.05, 0) is 61.5 Å². The molecule has 24 heavy (non-hydrogen) atoms. The normalized spacial score (nSPS) is 18.2. The van der Waals surface area contributed by atoms with E-state index in [0.717, 1.165) is 11.3 Å². The van der Waals surface area contributed by atoms with E-state index in [-0.39, 0.29) is 17.8 Å². The number of hydrogen-bond donors (Lipinski definition) is 0. The summed E-state index contributed by atoms with van der Waals surface area (Å²) in [6.45, 7) is 3.92. The number of amides is 1. The number of halogens is 1. The van der Waals surface area contributed by atoms with E-state index in [0.29, 0.717) is 10.1 Å². The molecule has 0 spiro atoms. The van der Waals surface area contributed by atoms with Gasteiger partial charge < -0.3 is 0 Å². The van der Waals surface area contributed by atoms with E-state index >= 15 is 0 Å². The predicted molar refractivity (Wildman–Crippen MR) is 97.5 cm³/mol. The maximum atomic E-state index is 13.0. The highest BCUT2D eigenvalue weighted by Gasteiger charge is 2.35. The molecule has 1 fully saturated rings. The SMILES string of the molecule is CC(C)N1C(=O)/C(=C\c2ccc(F)cc2)SC1=Nc1ccccc1. The summed E-state index contributed by atoms with van der Waals surface area (Å²) in [6.07, 6.45) is 1.77. The van der Waals surface area contributed by atoms with E-state index in [1.165, 1.54) is 23.9 Å². The zero-order valence-electron chi connectivity index (χ0n) is 13.4. The van der Waals surface area contributed by atoms with Gasteiger partial charge in [-0.25, -0.2) is 9.38 Å². The lowest BCUT2D eigenvalue weighted by Gasteiger charge is -2.19. The van der Waals surface area contributed by atoms with Crippen LogP contribution in [0.15, 0.2) is 64.5 Å². The molecule has 1 amide bonds. The fourth-order valence-electron chi connectivity index (χ4n) is 2.34. The molecule has 1 heterocycles. The summed E-state index contributed by atoms with van der Waals surface area (Å²) in [4.78, 5) is 19.6. The van der Waals surface area contributed by atoms with Crippen LogP contribution in [0.25, 0.3) is 6.08 Å². The molecule has 0 bridgehead atoms. The Kier molecular flexibility index (Phi) is 4.81. The van der Waals surface area contributed by atoms with E-state index in [4.69, 9.17) is 0 Å². The van der Waals surface area contributed by atoms with Crippen molar-refractivity contribution < 1.29 is 9.18 Å². The molecular weight excluding hydrogens is 323 g/mol. The first-order valence-electron chi connectivity index (χ1n) is 7.67. The second-order valence-corrected chi connectivity index (χ2v) is 6.67. The number of thioether (sulfide) groups is 1. The number of carbonyl (C=O) groups is 1. The van der Waals surface area contributed by atoms with Crippen LogP contribution in [0.4, 0.5) is 10.1 Å². The molecule has 0 radical (unpaired) electrons. The number of carbonyl (C=O) groups excluding carboxylic acids is 1. The van der Waals surface area contributed by atoms with Crippen LogP contribution in [0, 0.1) is 5.82 Å². The van der Waals surface area contributed by atoms with Crippen LogP contribution in [0.2, 0.25) is 0 Å². The van der Waals surface area contributed by atoms with Gasteiger partial charge in [0.25, 0.3) is 5.91 Å². The summed E-state index contributed by atoms with van der Waals surface area (Å²) in [6, 6.07) is 15.6. The van der Waals surface area contributed by atoms with Gasteiger partial charge in [0.15, 0.2) is 5.17 Å². The van der Waals surface area contributed by atoms with Crippen molar-refractivity contribution >= 4 is 34.6 Å². The molecule has 0 N–H and O–H groups in total. The molecule has 0 saturated carbocycles. The zero-order valence-corrected chi connectivity index (χ0v) is 14.3. The highest BCUT2D eigenvalue weighted by atomic mass is 32.2. The molecule has 0 aliphatic carbocycles. The lowest BCUT2D eigenvalue weighted by molar-refractivity contribution is -0.123. The Morgan fingerprint density at radius 3 is 2.38 bits per heavy atom. The minimum atomic E-state index is -0.294. The lowest BCUT2D eigenvalue weighted by Crippen LogP contribution is -2.35. The van der Waals surface area contributed by atoms with Gasteiger partial charge in [0.05, 0.1) is 10.6 Å². The molecule has 1 saturated heterocycles. The predicted octanol–water partition coefficient (Wildman–Crippen LogP) is 4.84. The third-order valence-corrected chi connectivity index (χ3v) is 4.48. The van der Waals surface area contributed by atoms with E-state index in [2.05, 4.69) is 4.99 Å². The van der Waals surface area contributed by atoms with Crippen LogP contribution in [-0.2, 0) is 4.79 Å². The van der Waals surface area contributed by atoms with Crippen molar-refractivity contribution in [2.45, 2.75) is 19.9 Å². The molecule has 1 aliphatic rings. The van der Waals surface area contributed by atoms with E-state index < -0.39 is 0 Å². The quantitative estimate of drug-likeness (QED) is 0.749. The van der Waals surface area contributed by atoms with Crippen LogP contribution in [0.3, 0.4) is 0 Å². The Morgan fingerprint density at radius 1 is 1.08 bits per heavy atom. The first-order chi connectivity index (χ1) is 11.5. The van der Waals surface area contributed by atoms with Gasteiger partial charge in [-0.1, -0.05) is 30.3 Å². The molecule has 2 aromatic carbocycles. The van der Waals surface area contributed by atoms with Crippen molar-refractivity contribution in [1.82, 2.24) is 4.90 Å². The zero-order chi connectivity index (χ0) is 17.1. The minimum absolute atomic E-state index is 0.00609. The highest BCUT2D eigenvalue weighted by molar-refractivity contribution is 8.18. The summed E-state index contributed by atoms with van der Waals surface area (Å²) in [7, 11) is 0. The lowest BCUT2D eigenvalue weighted by atomic mass is 10.2. The maximum absolute atomic E-state index is 13.0. The van der Waals surface area contributed by atoms with Crippen LogP contribution in [0.5, 0.6) is 0 Å². The number of hydrogen-bond acceptors (Lipinski definition) is 3. The van der Waals surface area contributed by atoms with Gasteiger partial charge in [-0.2, -0.15) is 0 Å². The van der Waals surface area contributed by atoms with Crippen LogP contribution in [0.1, 0.15) is 19.4 Å². The average Bonchev–Trinajstić information content (AvgIpc) is 2.86. The Balaban J connectivity index is 1.95. The highest BCUT2D eigenvalue weighted by Crippen LogP contribution is 2.35. The summed E-state index contributed by atoms with van der Waals surface area (Å²) >= 11 is 1.34. The number of rotatable bonds is 3. The smallest absolute Gasteiger partial charge is 0.266 e. The first kappa shape index (κ1) is 16.5. The standard InChI is InChI=1S/C19H17FN2OS/c1-13(2)22-18(23)17(12-14-8-10-15(20)11-9-14)24-19(22)21-16-6-4-3-5-7-16/h3-13H,1-2H3/b17-12+,21-19?. The summed E-state index contributed by atoms with van der Waals surface area (Å²) in [5, 5.41) is 0.662. The summed E-state index contributed by atoms with van der Waals surface area (Å²) < 4.78 is 13.0. The first-order valence-corrected chi connectivity index (χ1v) is 8.48. The van der Waals surface area contributed by atoms with Crippen molar-refractivity contribution in [1.29, 1.82) is 0 Å². The minimum Gasteiger partial charge on any atom is -0.284 e. The third kappa shape index (κ3) is 3.57. The van der Waals surface area contributed by atoms with Gasteiger partial charge in [-0.15, -0.1) is 0 Å². The van der Waals surface area contributed by atoms with E-state index in [9.17, 15) is 9.18 Å². The van der Waals surface area contributed by atoms with Crippen molar-refractivity contribution in [2.24, 2.45) is 4.99 Å². The molecule has 3 nitrogen and oxygen atoms in total. The van der Waals surface area contributed by atoms with E-state index in [1.54, 1.807) is 23.1 Å². The number of benzene rings is 2. The van der Waals surface area contributed by atoms with E-state index in [1.807, 2.05) is 44.2 Å². The maximum Gasteiger partial charge on any atom is 0.266 e. The van der Waals surface area contributed by atoms with Crippen LogP contribution < -0.4 is 0 Å². The van der Waals surface area contributed by atoms with Crippen LogP contribution in [-0.4, -0.2) is 22.0 Å². The third-order valence-electron chi connectivity index (χ3n) is 3.50. The van der Waals surface area contributed by atoms with Gasteiger partial charge in [0.1, 0.15) is 5.82 Å². The van der Waals surface area contributed by atoms with Crippen molar-refractivity contribution in [3.05, 3.63) is 70.9 Å². The second kappa shape index (κ2) is 7.01. The molecule has 122 valence electrons. The molecule has 0 unspecified atom stereocenters. The monoisotopic (exact) mass is 340 g/mol. The number of amidine groups is 1. The largest absolute Gasteiger partial charge is 0.284 e. The molecule has 1 aliphatic heterocycles. The number of para-hydroxylation sites is 1. The molecule has 2 aromatic rings.